The summed E-state index contributed by atoms with van der Waals surface area (Å²) in [5, 5.41) is 2.92. The Morgan fingerprint density at radius 3 is 2.37 bits per heavy atom. The van der Waals surface area contributed by atoms with E-state index in [1.165, 1.54) is 13.0 Å². The second kappa shape index (κ2) is 5.84. The molecule has 0 spiro atoms. The largest absolute Gasteiger partial charge is 0.458 e. The zero-order valence-electron chi connectivity index (χ0n) is 11.1. The van der Waals surface area contributed by atoms with Crippen molar-refractivity contribution in [2.75, 3.05) is 0 Å². The topological polar surface area (TPSA) is 71.2 Å². The monoisotopic (exact) mass is 306 g/mol. The number of H-pyrrole nitrogens is 1. The number of esters is 1. The third-order valence-electron chi connectivity index (χ3n) is 2.08. The second-order valence-electron chi connectivity index (χ2n) is 5.07. The van der Waals surface area contributed by atoms with E-state index < -0.39 is 23.5 Å². The summed E-state index contributed by atoms with van der Waals surface area (Å²) >= 11 is 11.4. The Morgan fingerprint density at radius 2 is 1.95 bits per heavy atom. The first-order valence-electron chi connectivity index (χ1n) is 5.68. The number of ether oxygens (including phenoxy) is 1. The Labute approximate surface area is 121 Å². The van der Waals surface area contributed by atoms with Gasteiger partial charge in [-0.25, -0.2) is 4.79 Å². The minimum atomic E-state index is -0.771. The normalized spacial score (nSPS) is 12.9. The van der Waals surface area contributed by atoms with Crippen LogP contribution in [0.5, 0.6) is 0 Å². The molecule has 0 radical (unpaired) electrons. The standard InChI is InChI=1S/C12H16Cl2N2O3/c1-6(11(18)19-12(2,3)4)15-10(17)8-5-7(13)9(14)16-8/h5-6,16H,1-4H3,(H,15,17)/t6-/m0/s1. The average Bonchev–Trinajstić information content (AvgIpc) is 2.56. The van der Waals surface area contributed by atoms with Gasteiger partial charge in [0.2, 0.25) is 0 Å². The van der Waals surface area contributed by atoms with Gasteiger partial charge in [0.25, 0.3) is 5.91 Å². The predicted octanol–water partition coefficient (Wildman–Crippen LogP) is 2.78. The van der Waals surface area contributed by atoms with Gasteiger partial charge in [-0.1, -0.05) is 23.2 Å². The fraction of sp³-hybridized carbons (Fsp3) is 0.500. The van der Waals surface area contributed by atoms with Crippen LogP contribution in [0.3, 0.4) is 0 Å². The molecule has 0 aliphatic heterocycles. The number of aromatic nitrogens is 1. The van der Waals surface area contributed by atoms with Crippen molar-refractivity contribution in [3.8, 4) is 0 Å². The lowest BCUT2D eigenvalue weighted by molar-refractivity contribution is -0.156. The van der Waals surface area contributed by atoms with Crippen molar-refractivity contribution < 1.29 is 14.3 Å². The second-order valence-corrected chi connectivity index (χ2v) is 5.86. The molecule has 0 aromatic carbocycles. The van der Waals surface area contributed by atoms with Gasteiger partial charge in [0, 0.05) is 0 Å². The first kappa shape index (κ1) is 15.9. The number of hydrogen-bond acceptors (Lipinski definition) is 3. The van der Waals surface area contributed by atoms with E-state index in [0.717, 1.165) is 0 Å². The van der Waals surface area contributed by atoms with Gasteiger partial charge in [-0.15, -0.1) is 0 Å². The SMILES string of the molecule is C[C@H](NC(=O)c1cc(Cl)c(Cl)[nH]1)C(=O)OC(C)(C)C. The third kappa shape index (κ3) is 4.76. The summed E-state index contributed by atoms with van der Waals surface area (Å²) in [4.78, 5) is 26.1. The molecular weight excluding hydrogens is 291 g/mol. The summed E-state index contributed by atoms with van der Waals surface area (Å²) in [7, 11) is 0. The Kier molecular flexibility index (Phi) is 4.87. The molecule has 1 atom stereocenters. The lowest BCUT2D eigenvalue weighted by atomic mass is 10.2. The highest BCUT2D eigenvalue weighted by molar-refractivity contribution is 6.41. The van der Waals surface area contributed by atoms with Crippen molar-refractivity contribution in [2.24, 2.45) is 0 Å². The van der Waals surface area contributed by atoms with E-state index in [1.807, 2.05) is 0 Å². The molecule has 2 N–H and O–H groups in total. The van der Waals surface area contributed by atoms with Crippen molar-refractivity contribution >= 4 is 35.1 Å². The van der Waals surface area contributed by atoms with E-state index in [0.29, 0.717) is 0 Å². The van der Waals surface area contributed by atoms with Gasteiger partial charge in [0.05, 0.1) is 5.02 Å². The first-order chi connectivity index (χ1) is 8.60. The van der Waals surface area contributed by atoms with Crippen molar-refractivity contribution in [3.63, 3.8) is 0 Å². The van der Waals surface area contributed by atoms with Crippen LogP contribution >= 0.6 is 23.2 Å². The number of nitrogens with one attached hydrogen (secondary N) is 2. The third-order valence-corrected chi connectivity index (χ3v) is 2.77. The molecule has 1 aromatic heterocycles. The Bertz CT molecular complexity index is 472. The molecule has 7 heteroatoms. The zero-order valence-corrected chi connectivity index (χ0v) is 12.6. The van der Waals surface area contributed by atoms with Crippen molar-refractivity contribution in [1.29, 1.82) is 0 Å². The summed E-state index contributed by atoms with van der Waals surface area (Å²) in [6, 6.07) is 0.619. The molecule has 0 unspecified atom stereocenters. The van der Waals surface area contributed by atoms with Crippen LogP contribution in [0.2, 0.25) is 10.2 Å². The lowest BCUT2D eigenvalue weighted by Gasteiger charge is -2.22. The molecule has 19 heavy (non-hydrogen) atoms. The van der Waals surface area contributed by atoms with Crippen molar-refractivity contribution in [2.45, 2.75) is 39.3 Å². The molecule has 106 valence electrons. The van der Waals surface area contributed by atoms with Gasteiger partial charge in [-0.05, 0) is 33.8 Å². The highest BCUT2D eigenvalue weighted by atomic mass is 35.5. The molecular formula is C12H16Cl2N2O3. The molecule has 0 aliphatic rings. The summed E-state index contributed by atoms with van der Waals surface area (Å²) in [6.45, 7) is 6.80. The van der Waals surface area contributed by atoms with Gasteiger partial charge in [0.15, 0.2) is 0 Å². The first-order valence-corrected chi connectivity index (χ1v) is 6.43. The number of carbonyl (C=O) groups is 2. The van der Waals surface area contributed by atoms with Crippen LogP contribution in [0.1, 0.15) is 38.2 Å². The fourth-order valence-corrected chi connectivity index (χ4v) is 1.56. The van der Waals surface area contributed by atoms with E-state index in [1.54, 1.807) is 20.8 Å². The number of amides is 1. The molecule has 1 rings (SSSR count). The van der Waals surface area contributed by atoms with Crippen LogP contribution in [0, 0.1) is 0 Å². The van der Waals surface area contributed by atoms with E-state index in [2.05, 4.69) is 10.3 Å². The quantitative estimate of drug-likeness (QED) is 0.844. The highest BCUT2D eigenvalue weighted by Crippen LogP contribution is 2.21. The van der Waals surface area contributed by atoms with Crippen LogP contribution in [-0.4, -0.2) is 28.5 Å². The van der Waals surface area contributed by atoms with Gasteiger partial charge >= 0.3 is 5.97 Å². The predicted molar refractivity (Wildman–Crippen MR) is 73.6 cm³/mol. The number of carbonyl (C=O) groups excluding carboxylic acids is 2. The Hall–Kier alpha value is -1.20. The Balaban J connectivity index is 2.64. The van der Waals surface area contributed by atoms with Gasteiger partial charge < -0.3 is 15.0 Å². The number of halogens is 2. The van der Waals surface area contributed by atoms with E-state index in [9.17, 15) is 9.59 Å². The molecule has 0 fully saturated rings. The number of aromatic amines is 1. The fourth-order valence-electron chi connectivity index (χ4n) is 1.25. The average molecular weight is 307 g/mol. The summed E-state index contributed by atoms with van der Waals surface area (Å²) in [5.74, 6) is -0.989. The van der Waals surface area contributed by atoms with E-state index in [-0.39, 0.29) is 15.9 Å². The van der Waals surface area contributed by atoms with Crippen LogP contribution in [-0.2, 0) is 9.53 Å². The maximum Gasteiger partial charge on any atom is 0.328 e. The van der Waals surface area contributed by atoms with Crippen LogP contribution < -0.4 is 5.32 Å². The molecule has 5 nitrogen and oxygen atoms in total. The van der Waals surface area contributed by atoms with E-state index in [4.69, 9.17) is 27.9 Å². The molecule has 1 amide bonds. The maximum absolute atomic E-state index is 11.8. The van der Waals surface area contributed by atoms with E-state index >= 15 is 0 Å². The summed E-state index contributed by atoms with van der Waals surface area (Å²) < 4.78 is 5.15. The smallest absolute Gasteiger partial charge is 0.328 e. The van der Waals surface area contributed by atoms with Crippen LogP contribution in [0.25, 0.3) is 0 Å². The summed E-state index contributed by atoms with van der Waals surface area (Å²) in [5.41, 5.74) is -0.417. The Morgan fingerprint density at radius 1 is 1.37 bits per heavy atom. The molecule has 0 bridgehead atoms. The van der Waals surface area contributed by atoms with Crippen LogP contribution in [0.15, 0.2) is 6.07 Å². The summed E-state index contributed by atoms with van der Waals surface area (Å²) in [6.07, 6.45) is 0. The number of hydrogen-bond donors (Lipinski definition) is 2. The molecule has 1 heterocycles. The molecule has 0 saturated heterocycles. The highest BCUT2D eigenvalue weighted by Gasteiger charge is 2.24. The van der Waals surface area contributed by atoms with Gasteiger partial charge in [0.1, 0.15) is 22.5 Å². The zero-order chi connectivity index (χ0) is 14.8. The lowest BCUT2D eigenvalue weighted by Crippen LogP contribution is -2.42. The maximum atomic E-state index is 11.8. The van der Waals surface area contributed by atoms with Gasteiger partial charge in [-0.2, -0.15) is 0 Å². The minimum absolute atomic E-state index is 0.178. The molecule has 1 aromatic rings. The van der Waals surface area contributed by atoms with Crippen molar-refractivity contribution in [1.82, 2.24) is 10.3 Å². The van der Waals surface area contributed by atoms with Crippen molar-refractivity contribution in [3.05, 3.63) is 21.9 Å². The van der Waals surface area contributed by atoms with Gasteiger partial charge in [-0.3, -0.25) is 4.79 Å². The minimum Gasteiger partial charge on any atom is -0.458 e. The number of rotatable bonds is 3. The molecule has 0 aliphatic carbocycles. The van der Waals surface area contributed by atoms with Crippen LogP contribution in [0.4, 0.5) is 0 Å². The molecule has 0 saturated carbocycles.